The van der Waals surface area contributed by atoms with Crippen LogP contribution in [0.25, 0.3) is 0 Å². The van der Waals surface area contributed by atoms with E-state index in [2.05, 4.69) is 15.6 Å². The van der Waals surface area contributed by atoms with Crippen LogP contribution in [0.5, 0.6) is 5.75 Å². The van der Waals surface area contributed by atoms with Crippen molar-refractivity contribution in [3.8, 4) is 11.9 Å². The van der Waals surface area contributed by atoms with Crippen LogP contribution in [0.4, 0.5) is 0 Å². The largest absolute Gasteiger partial charge is 0.492 e. The predicted molar refractivity (Wildman–Crippen MR) is 91.3 cm³/mol. The quantitative estimate of drug-likeness (QED) is 0.281. The maximum absolute atomic E-state index is 8.78. The van der Waals surface area contributed by atoms with Crippen LogP contribution in [0, 0.1) is 11.5 Å². The number of ether oxygens (including phenoxy) is 1. The van der Waals surface area contributed by atoms with Gasteiger partial charge in [0.2, 0.25) is 5.96 Å². The van der Waals surface area contributed by atoms with Crippen LogP contribution in [-0.4, -0.2) is 19.1 Å². The van der Waals surface area contributed by atoms with Gasteiger partial charge in [-0.1, -0.05) is 48.0 Å². The summed E-state index contributed by atoms with van der Waals surface area (Å²) in [6, 6.07) is 17.0. The van der Waals surface area contributed by atoms with Crippen molar-refractivity contribution in [3.63, 3.8) is 0 Å². The summed E-state index contributed by atoms with van der Waals surface area (Å²) in [5.41, 5.74) is 0.897. The summed E-state index contributed by atoms with van der Waals surface area (Å²) in [7, 11) is 0. The van der Waals surface area contributed by atoms with E-state index >= 15 is 0 Å². The molecular weight excluding hydrogens is 312 g/mol. The molecule has 0 saturated carbocycles. The molecule has 0 radical (unpaired) electrons. The highest BCUT2D eigenvalue weighted by Gasteiger charge is 2.01. The minimum Gasteiger partial charge on any atom is -0.492 e. The number of guanidine groups is 1. The van der Waals surface area contributed by atoms with Crippen LogP contribution >= 0.6 is 11.6 Å². The molecule has 0 heterocycles. The molecule has 0 spiro atoms. The van der Waals surface area contributed by atoms with Gasteiger partial charge in [0.25, 0.3) is 0 Å². The summed E-state index contributed by atoms with van der Waals surface area (Å²) in [5.74, 6) is 1.20. The van der Waals surface area contributed by atoms with Gasteiger partial charge in [-0.15, -0.1) is 0 Å². The second-order valence-electron chi connectivity index (χ2n) is 4.58. The molecule has 2 N–H and O–H groups in total. The van der Waals surface area contributed by atoms with E-state index in [1.165, 1.54) is 0 Å². The van der Waals surface area contributed by atoms with Crippen LogP contribution in [0.15, 0.2) is 59.6 Å². The predicted octanol–water partition coefficient (Wildman–Crippen LogP) is 2.94. The monoisotopic (exact) mass is 328 g/mol. The van der Waals surface area contributed by atoms with Gasteiger partial charge in [0, 0.05) is 5.02 Å². The van der Waals surface area contributed by atoms with Crippen molar-refractivity contribution in [1.29, 1.82) is 5.26 Å². The number of hydrogen-bond donors (Lipinski definition) is 2. The zero-order chi connectivity index (χ0) is 16.3. The second kappa shape index (κ2) is 9.34. The average Bonchev–Trinajstić information content (AvgIpc) is 2.58. The zero-order valence-electron chi connectivity index (χ0n) is 12.5. The maximum Gasteiger partial charge on any atom is 0.205 e. The summed E-state index contributed by atoms with van der Waals surface area (Å²) in [6.07, 6.45) is 1.86. The smallest absolute Gasteiger partial charge is 0.205 e. The molecule has 2 aromatic carbocycles. The summed E-state index contributed by atoms with van der Waals surface area (Å²) in [4.78, 5) is 4.32. The van der Waals surface area contributed by atoms with Gasteiger partial charge in [-0.2, -0.15) is 5.26 Å². The van der Waals surface area contributed by atoms with E-state index < -0.39 is 0 Å². The molecule has 6 heteroatoms. The molecule has 0 unspecified atom stereocenters. The van der Waals surface area contributed by atoms with Crippen molar-refractivity contribution < 1.29 is 4.74 Å². The van der Waals surface area contributed by atoms with Gasteiger partial charge in [0.15, 0.2) is 6.19 Å². The summed E-state index contributed by atoms with van der Waals surface area (Å²) < 4.78 is 5.57. The third kappa shape index (κ3) is 5.89. The summed E-state index contributed by atoms with van der Waals surface area (Å²) in [5, 5.41) is 15.0. The minimum atomic E-state index is 0.385. The number of benzene rings is 2. The Kier molecular flexibility index (Phi) is 6.76. The Hall–Kier alpha value is -2.71. The van der Waals surface area contributed by atoms with Crippen LogP contribution in [0.2, 0.25) is 5.02 Å². The highest BCUT2D eigenvalue weighted by Crippen LogP contribution is 2.15. The number of nitriles is 1. The Labute approximate surface area is 140 Å². The Bertz CT molecular complexity index is 682. The topological polar surface area (TPSA) is 69.4 Å². The van der Waals surface area contributed by atoms with E-state index in [0.29, 0.717) is 30.7 Å². The lowest BCUT2D eigenvalue weighted by atomic mass is 10.2. The first-order chi connectivity index (χ1) is 11.3. The van der Waals surface area contributed by atoms with Crippen molar-refractivity contribution in [2.24, 2.45) is 4.99 Å². The maximum atomic E-state index is 8.78. The molecule has 0 fully saturated rings. The third-order valence-electron chi connectivity index (χ3n) is 2.95. The van der Waals surface area contributed by atoms with E-state index in [-0.39, 0.29) is 0 Å². The first kappa shape index (κ1) is 16.7. The fraction of sp³-hybridized carbons (Fsp3) is 0.176. The number of halogens is 1. The van der Waals surface area contributed by atoms with Crippen LogP contribution in [0.3, 0.4) is 0 Å². The van der Waals surface area contributed by atoms with Crippen molar-refractivity contribution in [3.05, 3.63) is 65.2 Å². The van der Waals surface area contributed by atoms with E-state index in [9.17, 15) is 0 Å². The van der Waals surface area contributed by atoms with Gasteiger partial charge in [-0.25, -0.2) is 4.99 Å². The summed E-state index contributed by atoms with van der Waals surface area (Å²) in [6.45, 7) is 1.36. The van der Waals surface area contributed by atoms with Crippen molar-refractivity contribution in [1.82, 2.24) is 10.6 Å². The molecule has 0 bridgehead atoms. The number of nitrogens with zero attached hydrogens (tertiary/aromatic N) is 2. The average molecular weight is 329 g/mol. The van der Waals surface area contributed by atoms with Gasteiger partial charge in [-0.3, -0.25) is 5.32 Å². The fourth-order valence-corrected chi connectivity index (χ4v) is 2.03. The molecule has 0 aliphatic heterocycles. The number of rotatable bonds is 6. The van der Waals surface area contributed by atoms with Gasteiger partial charge in [-0.05, 0) is 23.8 Å². The summed E-state index contributed by atoms with van der Waals surface area (Å²) >= 11 is 6.08. The van der Waals surface area contributed by atoms with Gasteiger partial charge in [0.05, 0.1) is 13.1 Å². The van der Waals surface area contributed by atoms with E-state index in [1.54, 1.807) is 0 Å². The molecule has 2 rings (SSSR count). The Balaban J connectivity index is 1.82. The molecule has 0 aromatic heterocycles. The van der Waals surface area contributed by atoms with Crippen LogP contribution < -0.4 is 15.4 Å². The lowest BCUT2D eigenvalue weighted by molar-refractivity contribution is 0.322. The highest BCUT2D eigenvalue weighted by atomic mass is 35.5. The van der Waals surface area contributed by atoms with Gasteiger partial charge in [0.1, 0.15) is 12.4 Å². The number of aliphatic imine (C=N–C) groups is 1. The molecule has 118 valence electrons. The highest BCUT2D eigenvalue weighted by molar-refractivity contribution is 6.31. The van der Waals surface area contributed by atoms with E-state index in [4.69, 9.17) is 21.6 Å². The molecule has 0 aliphatic rings. The first-order valence-corrected chi connectivity index (χ1v) is 7.52. The van der Waals surface area contributed by atoms with E-state index in [1.807, 2.05) is 60.8 Å². The molecule has 0 aliphatic carbocycles. The molecule has 0 amide bonds. The zero-order valence-corrected chi connectivity index (χ0v) is 13.3. The molecule has 0 atom stereocenters. The third-order valence-corrected chi connectivity index (χ3v) is 3.31. The number of nitrogens with one attached hydrogen (secondary N) is 2. The first-order valence-electron chi connectivity index (χ1n) is 7.14. The molecular formula is C17H17ClN4O. The molecule has 0 saturated heterocycles. The molecule has 23 heavy (non-hydrogen) atoms. The van der Waals surface area contributed by atoms with Crippen molar-refractivity contribution >= 4 is 17.6 Å². The number of para-hydroxylation sites is 1. The van der Waals surface area contributed by atoms with Crippen molar-refractivity contribution in [2.45, 2.75) is 6.54 Å². The van der Waals surface area contributed by atoms with Gasteiger partial charge >= 0.3 is 0 Å². The molecule has 2 aromatic rings. The van der Waals surface area contributed by atoms with Crippen molar-refractivity contribution in [2.75, 3.05) is 13.2 Å². The Morgan fingerprint density at radius 2 is 1.87 bits per heavy atom. The normalized spacial score (nSPS) is 10.7. The van der Waals surface area contributed by atoms with Crippen LogP contribution in [-0.2, 0) is 6.54 Å². The Morgan fingerprint density at radius 1 is 1.13 bits per heavy atom. The SMILES string of the molecule is N#CNC(=NCc1ccccc1Cl)NCCOc1ccccc1. The Morgan fingerprint density at radius 3 is 2.61 bits per heavy atom. The lowest BCUT2D eigenvalue weighted by Gasteiger charge is -2.10. The van der Waals surface area contributed by atoms with Gasteiger partial charge < -0.3 is 10.1 Å². The standard InChI is InChI=1S/C17H17ClN4O/c18-16-9-5-4-6-14(16)12-21-17(22-13-19)20-10-11-23-15-7-2-1-3-8-15/h1-9H,10-12H2,(H2,20,21,22). The number of hydrogen-bond acceptors (Lipinski definition) is 3. The minimum absolute atomic E-state index is 0.385. The van der Waals surface area contributed by atoms with Crippen LogP contribution in [0.1, 0.15) is 5.56 Å². The van der Waals surface area contributed by atoms with E-state index in [0.717, 1.165) is 11.3 Å². The second-order valence-corrected chi connectivity index (χ2v) is 4.99. The lowest BCUT2D eigenvalue weighted by Crippen LogP contribution is -2.37. The molecule has 5 nitrogen and oxygen atoms in total. The fourth-order valence-electron chi connectivity index (χ4n) is 1.84.